The second-order valence-corrected chi connectivity index (χ2v) is 5.50. The molecule has 0 aromatic carbocycles. The first-order chi connectivity index (χ1) is 6.27. The Balaban J connectivity index is 2.79. The Bertz CT molecular complexity index is 251. The zero-order chi connectivity index (χ0) is 11.0. The monoisotopic (exact) mass is 197 g/mol. The number of nitriles is 1. The highest BCUT2D eigenvalue weighted by Gasteiger charge is 2.42. The smallest absolute Gasteiger partial charge is 0.153 e. The minimum absolute atomic E-state index is 0.0340. The molecule has 3 heteroatoms. The van der Waals surface area contributed by atoms with E-state index in [-0.39, 0.29) is 17.8 Å². The molecule has 1 rings (SSSR count). The molecule has 0 aromatic rings. The van der Waals surface area contributed by atoms with Crippen molar-refractivity contribution in [2.75, 3.05) is 0 Å². The predicted octanol–water partition coefficient (Wildman–Crippen LogP) is 1.45. The summed E-state index contributed by atoms with van der Waals surface area (Å²) in [5, 5.41) is 28.3. The molecule has 0 amide bonds. The molecule has 1 aliphatic carbocycles. The van der Waals surface area contributed by atoms with E-state index in [4.69, 9.17) is 5.26 Å². The standard InChI is InChI=1S/C11H19NO2/c1-10(2,3)8-4-9(13)6-11(14,5-8)7-12/h8-9,13-14H,4-6H2,1-3H3. The van der Waals surface area contributed by atoms with Crippen LogP contribution in [0.25, 0.3) is 0 Å². The van der Waals surface area contributed by atoms with E-state index < -0.39 is 11.7 Å². The van der Waals surface area contributed by atoms with E-state index >= 15 is 0 Å². The molecule has 3 atom stereocenters. The fourth-order valence-electron chi connectivity index (χ4n) is 2.13. The molecule has 1 saturated carbocycles. The maximum absolute atomic E-state index is 9.86. The number of hydrogen-bond acceptors (Lipinski definition) is 3. The predicted molar refractivity (Wildman–Crippen MR) is 53.4 cm³/mol. The highest BCUT2D eigenvalue weighted by molar-refractivity contribution is 5.06. The molecule has 0 aromatic heterocycles. The number of rotatable bonds is 0. The van der Waals surface area contributed by atoms with Crippen molar-refractivity contribution in [3.05, 3.63) is 0 Å². The van der Waals surface area contributed by atoms with Gasteiger partial charge in [-0.2, -0.15) is 5.26 Å². The van der Waals surface area contributed by atoms with Gasteiger partial charge in [-0.1, -0.05) is 20.8 Å². The van der Waals surface area contributed by atoms with E-state index in [1.54, 1.807) is 0 Å². The van der Waals surface area contributed by atoms with Gasteiger partial charge in [-0.3, -0.25) is 0 Å². The highest BCUT2D eigenvalue weighted by atomic mass is 16.3. The summed E-state index contributed by atoms with van der Waals surface area (Å²) in [5.41, 5.74) is -1.29. The Hall–Kier alpha value is -0.590. The Morgan fingerprint density at radius 3 is 2.36 bits per heavy atom. The van der Waals surface area contributed by atoms with Crippen molar-refractivity contribution in [2.45, 2.75) is 51.7 Å². The number of nitrogens with zero attached hydrogens (tertiary/aromatic N) is 1. The third kappa shape index (κ3) is 2.46. The second-order valence-electron chi connectivity index (χ2n) is 5.50. The quantitative estimate of drug-likeness (QED) is 0.578. The fourth-order valence-corrected chi connectivity index (χ4v) is 2.13. The molecule has 3 nitrogen and oxygen atoms in total. The minimum Gasteiger partial charge on any atom is -0.393 e. The van der Waals surface area contributed by atoms with Crippen LogP contribution in [-0.2, 0) is 0 Å². The van der Waals surface area contributed by atoms with E-state index in [2.05, 4.69) is 20.8 Å². The van der Waals surface area contributed by atoms with E-state index in [0.29, 0.717) is 12.8 Å². The van der Waals surface area contributed by atoms with Gasteiger partial charge in [-0.05, 0) is 24.2 Å². The number of aliphatic hydroxyl groups is 2. The first-order valence-electron chi connectivity index (χ1n) is 5.08. The fraction of sp³-hybridized carbons (Fsp3) is 0.909. The van der Waals surface area contributed by atoms with E-state index in [9.17, 15) is 10.2 Å². The van der Waals surface area contributed by atoms with Gasteiger partial charge in [0.15, 0.2) is 5.60 Å². The van der Waals surface area contributed by atoms with Crippen LogP contribution in [0.5, 0.6) is 0 Å². The summed E-state index contributed by atoms with van der Waals surface area (Å²) < 4.78 is 0. The summed E-state index contributed by atoms with van der Waals surface area (Å²) >= 11 is 0. The van der Waals surface area contributed by atoms with Gasteiger partial charge in [-0.25, -0.2) is 0 Å². The van der Waals surface area contributed by atoms with Crippen molar-refractivity contribution in [1.29, 1.82) is 5.26 Å². The molecular weight excluding hydrogens is 178 g/mol. The number of hydrogen-bond donors (Lipinski definition) is 2. The first kappa shape index (κ1) is 11.5. The van der Waals surface area contributed by atoms with Gasteiger partial charge >= 0.3 is 0 Å². The van der Waals surface area contributed by atoms with Gasteiger partial charge in [0.1, 0.15) is 0 Å². The summed E-state index contributed by atoms with van der Waals surface area (Å²) in [7, 11) is 0. The maximum atomic E-state index is 9.86. The lowest BCUT2D eigenvalue weighted by Crippen LogP contribution is -2.43. The second kappa shape index (κ2) is 3.52. The molecule has 3 unspecified atom stereocenters. The van der Waals surface area contributed by atoms with Gasteiger partial charge < -0.3 is 10.2 Å². The molecule has 0 aliphatic heterocycles. The van der Waals surface area contributed by atoms with E-state index in [1.165, 1.54) is 0 Å². The van der Waals surface area contributed by atoms with Gasteiger partial charge in [0.25, 0.3) is 0 Å². The molecule has 1 fully saturated rings. The third-order valence-corrected chi connectivity index (χ3v) is 3.15. The van der Waals surface area contributed by atoms with Crippen LogP contribution >= 0.6 is 0 Å². The van der Waals surface area contributed by atoms with Gasteiger partial charge in [0, 0.05) is 6.42 Å². The zero-order valence-electron chi connectivity index (χ0n) is 9.12. The summed E-state index contributed by atoms with van der Waals surface area (Å²) in [6.07, 6.45) is 0.811. The minimum atomic E-state index is -1.32. The molecule has 1 aliphatic rings. The van der Waals surface area contributed by atoms with Gasteiger partial charge in [0.05, 0.1) is 12.2 Å². The summed E-state index contributed by atoms with van der Waals surface area (Å²) in [4.78, 5) is 0. The average molecular weight is 197 g/mol. The molecule has 0 saturated heterocycles. The first-order valence-corrected chi connectivity index (χ1v) is 5.08. The lowest BCUT2D eigenvalue weighted by atomic mass is 9.67. The van der Waals surface area contributed by atoms with Crippen LogP contribution in [0.15, 0.2) is 0 Å². The molecule has 0 spiro atoms. The third-order valence-electron chi connectivity index (χ3n) is 3.15. The normalized spacial score (nSPS) is 39.1. The van der Waals surface area contributed by atoms with Crippen molar-refractivity contribution in [3.8, 4) is 6.07 Å². The van der Waals surface area contributed by atoms with Crippen LogP contribution in [0.1, 0.15) is 40.0 Å². The summed E-state index contributed by atoms with van der Waals surface area (Å²) in [6, 6.07) is 1.91. The SMILES string of the molecule is CC(C)(C)C1CC(O)CC(O)(C#N)C1. The molecule has 2 N–H and O–H groups in total. The van der Waals surface area contributed by atoms with Crippen molar-refractivity contribution in [3.63, 3.8) is 0 Å². The van der Waals surface area contributed by atoms with Crippen LogP contribution in [0.4, 0.5) is 0 Å². The van der Waals surface area contributed by atoms with Gasteiger partial charge in [0.2, 0.25) is 0 Å². The average Bonchev–Trinajstić information content (AvgIpc) is 2.01. The van der Waals surface area contributed by atoms with Crippen molar-refractivity contribution < 1.29 is 10.2 Å². The van der Waals surface area contributed by atoms with Crippen LogP contribution in [0.3, 0.4) is 0 Å². The van der Waals surface area contributed by atoms with Crippen LogP contribution in [0.2, 0.25) is 0 Å². The zero-order valence-corrected chi connectivity index (χ0v) is 9.12. The van der Waals surface area contributed by atoms with E-state index in [0.717, 1.165) is 0 Å². The number of aliphatic hydroxyl groups excluding tert-OH is 1. The lowest BCUT2D eigenvalue weighted by Gasteiger charge is -2.41. The van der Waals surface area contributed by atoms with Crippen molar-refractivity contribution >= 4 is 0 Å². The molecule has 0 bridgehead atoms. The highest BCUT2D eigenvalue weighted by Crippen LogP contribution is 2.41. The maximum Gasteiger partial charge on any atom is 0.153 e. The molecule has 0 heterocycles. The van der Waals surface area contributed by atoms with Crippen molar-refractivity contribution in [1.82, 2.24) is 0 Å². The van der Waals surface area contributed by atoms with Crippen LogP contribution < -0.4 is 0 Å². The topological polar surface area (TPSA) is 64.2 Å². The van der Waals surface area contributed by atoms with Crippen LogP contribution in [0, 0.1) is 22.7 Å². The van der Waals surface area contributed by atoms with E-state index in [1.807, 2.05) is 6.07 Å². The van der Waals surface area contributed by atoms with Crippen molar-refractivity contribution in [2.24, 2.45) is 11.3 Å². The Kier molecular flexibility index (Phi) is 2.89. The van der Waals surface area contributed by atoms with Gasteiger partial charge in [-0.15, -0.1) is 0 Å². The largest absolute Gasteiger partial charge is 0.393 e. The summed E-state index contributed by atoms with van der Waals surface area (Å²) in [6.45, 7) is 6.23. The molecule has 0 radical (unpaired) electrons. The molecule has 14 heavy (non-hydrogen) atoms. The van der Waals surface area contributed by atoms with Crippen LogP contribution in [-0.4, -0.2) is 21.9 Å². The Labute approximate surface area is 85.4 Å². The summed E-state index contributed by atoms with van der Waals surface area (Å²) in [5.74, 6) is 0.205. The lowest BCUT2D eigenvalue weighted by molar-refractivity contribution is -0.0527. The molecular formula is C11H19NO2. The molecule has 80 valence electrons. The Morgan fingerprint density at radius 1 is 1.36 bits per heavy atom. The Morgan fingerprint density at radius 2 is 1.93 bits per heavy atom.